The predicted molar refractivity (Wildman–Crippen MR) is 73.7 cm³/mol. The molecule has 0 aliphatic rings. The van der Waals surface area contributed by atoms with Crippen LogP contribution in [0.4, 0.5) is 0 Å². The zero-order valence-electron chi connectivity index (χ0n) is 11.8. The Morgan fingerprint density at radius 1 is 1.26 bits per heavy atom. The monoisotopic (exact) mass is 263 g/mol. The van der Waals surface area contributed by atoms with Crippen LogP contribution in [0.1, 0.15) is 18.1 Å². The molecule has 0 bridgehead atoms. The van der Waals surface area contributed by atoms with E-state index in [1.807, 2.05) is 38.4 Å². The first kappa shape index (κ1) is 15.4. The van der Waals surface area contributed by atoms with Gasteiger partial charge in [0.25, 0.3) is 0 Å². The maximum atomic E-state index is 11.5. The number of esters is 1. The molecule has 0 saturated carbocycles. The number of hydrogen-bond donors (Lipinski definition) is 0. The van der Waals surface area contributed by atoms with E-state index >= 15 is 0 Å². The second kappa shape index (κ2) is 7.69. The van der Waals surface area contributed by atoms with Crippen LogP contribution < -0.4 is 0 Å². The summed E-state index contributed by atoms with van der Waals surface area (Å²) in [5.74, 6) is -1.16. The van der Waals surface area contributed by atoms with Crippen molar-refractivity contribution in [1.82, 2.24) is 4.90 Å². The van der Waals surface area contributed by atoms with Crippen LogP contribution in [0, 0.1) is 5.92 Å². The van der Waals surface area contributed by atoms with Crippen molar-refractivity contribution in [2.45, 2.75) is 19.9 Å². The molecule has 1 rings (SSSR count). The van der Waals surface area contributed by atoms with E-state index in [4.69, 9.17) is 4.74 Å². The highest BCUT2D eigenvalue weighted by molar-refractivity contribution is 5.88. The number of hydrogen-bond acceptors (Lipinski definition) is 4. The molecule has 0 N–H and O–H groups in total. The van der Waals surface area contributed by atoms with Gasteiger partial charge in [0.15, 0.2) is 0 Å². The van der Waals surface area contributed by atoms with Crippen molar-refractivity contribution < 1.29 is 14.3 Å². The summed E-state index contributed by atoms with van der Waals surface area (Å²) < 4.78 is 4.87. The fourth-order valence-corrected chi connectivity index (χ4v) is 1.84. The summed E-state index contributed by atoms with van der Waals surface area (Å²) in [6.45, 7) is 2.90. The Kier molecular flexibility index (Phi) is 6.22. The van der Waals surface area contributed by atoms with Gasteiger partial charge >= 0.3 is 5.97 Å². The first-order chi connectivity index (χ1) is 9.06. The maximum absolute atomic E-state index is 11.5. The molecule has 1 atom stereocenters. The molecular formula is C15H21NO3. The molecule has 0 spiro atoms. The summed E-state index contributed by atoms with van der Waals surface area (Å²) in [5, 5.41) is 0. The lowest BCUT2D eigenvalue weighted by Crippen LogP contribution is -2.21. The van der Waals surface area contributed by atoms with Crippen molar-refractivity contribution >= 4 is 12.3 Å². The highest BCUT2D eigenvalue weighted by Crippen LogP contribution is 2.11. The Morgan fingerprint density at radius 3 is 2.32 bits per heavy atom. The molecule has 4 nitrogen and oxygen atoms in total. The van der Waals surface area contributed by atoms with Gasteiger partial charge in [-0.1, -0.05) is 24.3 Å². The van der Waals surface area contributed by atoms with Crippen LogP contribution in [0.2, 0.25) is 0 Å². The van der Waals surface area contributed by atoms with Crippen molar-refractivity contribution in [3.05, 3.63) is 35.4 Å². The normalized spacial score (nSPS) is 12.2. The predicted octanol–water partition coefficient (Wildman–Crippen LogP) is 1.67. The lowest BCUT2D eigenvalue weighted by molar-refractivity contribution is -0.149. The van der Waals surface area contributed by atoms with E-state index < -0.39 is 11.9 Å². The molecule has 4 heteroatoms. The molecule has 1 unspecified atom stereocenters. The van der Waals surface area contributed by atoms with Gasteiger partial charge in [0.1, 0.15) is 12.2 Å². The largest absolute Gasteiger partial charge is 0.465 e. The Bertz CT molecular complexity index is 412. The summed E-state index contributed by atoms with van der Waals surface area (Å²) in [7, 11) is 4.02. The molecule has 0 aromatic heterocycles. The van der Waals surface area contributed by atoms with E-state index in [1.165, 1.54) is 5.56 Å². The number of nitrogens with zero attached hydrogens (tertiary/aromatic N) is 1. The van der Waals surface area contributed by atoms with Gasteiger partial charge in [0.2, 0.25) is 0 Å². The molecule has 1 aromatic carbocycles. The molecule has 0 fully saturated rings. The van der Waals surface area contributed by atoms with E-state index in [0.29, 0.717) is 19.3 Å². The number of carbonyl (C=O) groups excluding carboxylic acids is 2. The first-order valence-electron chi connectivity index (χ1n) is 6.41. The summed E-state index contributed by atoms with van der Waals surface area (Å²) in [4.78, 5) is 24.5. The lowest BCUT2D eigenvalue weighted by Gasteiger charge is -2.12. The highest BCUT2D eigenvalue weighted by atomic mass is 16.5. The van der Waals surface area contributed by atoms with Crippen LogP contribution in [0.25, 0.3) is 0 Å². The van der Waals surface area contributed by atoms with Crippen LogP contribution in [0.5, 0.6) is 0 Å². The fourth-order valence-electron chi connectivity index (χ4n) is 1.84. The summed E-state index contributed by atoms with van der Waals surface area (Å²) in [6.07, 6.45) is 1.05. The number of carbonyl (C=O) groups is 2. The average Bonchev–Trinajstić information content (AvgIpc) is 2.37. The Labute approximate surface area is 114 Å². The smallest absolute Gasteiger partial charge is 0.316 e. The van der Waals surface area contributed by atoms with E-state index in [-0.39, 0.29) is 0 Å². The standard InChI is InChI=1S/C15H21NO3/c1-4-19-15(18)14(11-17)9-12-5-7-13(8-6-12)10-16(2)3/h5-8,11,14H,4,9-10H2,1-3H3. The molecule has 0 heterocycles. The number of ether oxygens (including phenoxy) is 1. The van der Waals surface area contributed by atoms with Crippen molar-refractivity contribution in [3.8, 4) is 0 Å². The second-order valence-corrected chi connectivity index (χ2v) is 4.75. The minimum atomic E-state index is -0.709. The van der Waals surface area contributed by atoms with Gasteiger partial charge < -0.3 is 14.4 Å². The van der Waals surface area contributed by atoms with Crippen molar-refractivity contribution in [1.29, 1.82) is 0 Å². The molecule has 104 valence electrons. The molecule has 0 saturated heterocycles. The topological polar surface area (TPSA) is 46.6 Å². The van der Waals surface area contributed by atoms with E-state index in [2.05, 4.69) is 4.90 Å². The van der Waals surface area contributed by atoms with Crippen LogP contribution in [-0.4, -0.2) is 37.9 Å². The molecule has 0 amide bonds. The second-order valence-electron chi connectivity index (χ2n) is 4.75. The fraction of sp³-hybridized carbons (Fsp3) is 0.467. The highest BCUT2D eigenvalue weighted by Gasteiger charge is 2.19. The van der Waals surface area contributed by atoms with Crippen LogP contribution in [-0.2, 0) is 27.3 Å². The summed E-state index contributed by atoms with van der Waals surface area (Å²) >= 11 is 0. The zero-order valence-corrected chi connectivity index (χ0v) is 11.8. The van der Waals surface area contributed by atoms with Crippen molar-refractivity contribution in [2.24, 2.45) is 5.92 Å². The first-order valence-corrected chi connectivity index (χ1v) is 6.41. The maximum Gasteiger partial charge on any atom is 0.316 e. The van der Waals surface area contributed by atoms with Crippen molar-refractivity contribution in [2.75, 3.05) is 20.7 Å². The third-order valence-electron chi connectivity index (χ3n) is 2.73. The Hall–Kier alpha value is -1.68. The molecular weight excluding hydrogens is 242 g/mol. The van der Waals surface area contributed by atoms with Crippen LogP contribution in [0.3, 0.4) is 0 Å². The molecule has 0 radical (unpaired) electrons. The lowest BCUT2D eigenvalue weighted by atomic mass is 10.00. The summed E-state index contributed by atoms with van der Waals surface area (Å²) in [6, 6.07) is 7.94. The third kappa shape index (κ3) is 5.22. The van der Waals surface area contributed by atoms with Gasteiger partial charge in [0, 0.05) is 6.54 Å². The van der Waals surface area contributed by atoms with Crippen molar-refractivity contribution in [3.63, 3.8) is 0 Å². The van der Waals surface area contributed by atoms with Gasteiger partial charge in [0.05, 0.1) is 6.61 Å². The third-order valence-corrected chi connectivity index (χ3v) is 2.73. The zero-order chi connectivity index (χ0) is 14.3. The summed E-state index contributed by atoms with van der Waals surface area (Å²) in [5.41, 5.74) is 2.17. The minimum absolute atomic E-state index is 0.297. The van der Waals surface area contributed by atoms with E-state index in [1.54, 1.807) is 6.92 Å². The van der Waals surface area contributed by atoms with E-state index in [9.17, 15) is 9.59 Å². The van der Waals surface area contributed by atoms with Gasteiger partial charge in [-0.15, -0.1) is 0 Å². The Balaban J connectivity index is 2.65. The van der Waals surface area contributed by atoms with E-state index in [0.717, 1.165) is 12.1 Å². The number of benzene rings is 1. The minimum Gasteiger partial charge on any atom is -0.465 e. The average molecular weight is 263 g/mol. The van der Waals surface area contributed by atoms with Crippen LogP contribution >= 0.6 is 0 Å². The number of rotatable bonds is 7. The van der Waals surface area contributed by atoms with Crippen LogP contribution in [0.15, 0.2) is 24.3 Å². The molecule has 0 aliphatic heterocycles. The Morgan fingerprint density at radius 2 is 1.84 bits per heavy atom. The van der Waals surface area contributed by atoms with Gasteiger partial charge in [-0.2, -0.15) is 0 Å². The number of aldehydes is 1. The van der Waals surface area contributed by atoms with Gasteiger partial charge in [-0.25, -0.2) is 0 Å². The molecule has 0 aliphatic carbocycles. The van der Waals surface area contributed by atoms with Gasteiger partial charge in [-0.3, -0.25) is 4.79 Å². The molecule has 19 heavy (non-hydrogen) atoms. The SMILES string of the molecule is CCOC(=O)C(C=O)Cc1ccc(CN(C)C)cc1. The quantitative estimate of drug-likeness (QED) is 0.426. The molecule has 1 aromatic rings. The van der Waals surface area contributed by atoms with Gasteiger partial charge in [-0.05, 0) is 38.6 Å².